The third-order valence-electron chi connectivity index (χ3n) is 4.21. The highest BCUT2D eigenvalue weighted by Gasteiger charge is 2.13. The number of benzene rings is 1. The van der Waals surface area contributed by atoms with Gasteiger partial charge in [-0.05, 0) is 30.5 Å². The van der Waals surface area contributed by atoms with Gasteiger partial charge in [0.2, 0.25) is 0 Å². The molecule has 0 bridgehead atoms. The van der Waals surface area contributed by atoms with Crippen molar-refractivity contribution in [2.75, 3.05) is 53.0 Å². The van der Waals surface area contributed by atoms with Crippen molar-refractivity contribution in [3.63, 3.8) is 0 Å². The Hall–Kier alpha value is -1.79. The first-order valence-corrected chi connectivity index (χ1v) is 9.16. The maximum absolute atomic E-state index is 5.41. The first kappa shape index (κ1) is 19.5. The number of nitrogens with one attached hydrogen (secondary N) is 2. The molecule has 25 heavy (non-hydrogen) atoms. The van der Waals surface area contributed by atoms with Gasteiger partial charge in [0, 0.05) is 32.7 Å². The van der Waals surface area contributed by atoms with E-state index in [-0.39, 0.29) is 0 Å². The molecule has 1 aliphatic rings. The number of nitrogens with zero attached hydrogens (tertiary/aromatic N) is 2. The van der Waals surface area contributed by atoms with E-state index in [0.29, 0.717) is 12.5 Å². The summed E-state index contributed by atoms with van der Waals surface area (Å²) in [5.74, 6) is 2.30. The van der Waals surface area contributed by atoms with Gasteiger partial charge in [-0.3, -0.25) is 4.90 Å². The van der Waals surface area contributed by atoms with Crippen LogP contribution in [0.5, 0.6) is 5.75 Å². The Labute approximate surface area is 151 Å². The van der Waals surface area contributed by atoms with E-state index in [1.165, 1.54) is 5.56 Å². The lowest BCUT2D eigenvalue weighted by Crippen LogP contribution is -2.44. The third-order valence-corrected chi connectivity index (χ3v) is 4.21. The van der Waals surface area contributed by atoms with Crippen LogP contribution in [0.15, 0.2) is 29.3 Å². The quantitative estimate of drug-likeness (QED) is 0.553. The molecule has 1 aromatic carbocycles. The highest BCUT2D eigenvalue weighted by atomic mass is 16.5. The summed E-state index contributed by atoms with van der Waals surface area (Å²) in [4.78, 5) is 7.15. The molecule has 1 unspecified atom stereocenters. The lowest BCUT2D eigenvalue weighted by atomic mass is 10.1. The van der Waals surface area contributed by atoms with Crippen LogP contribution in [0.1, 0.15) is 19.4 Å². The molecular formula is C19H32N4O2. The van der Waals surface area contributed by atoms with Crippen molar-refractivity contribution in [2.45, 2.75) is 20.4 Å². The lowest BCUT2D eigenvalue weighted by molar-refractivity contribution is 0.0320. The second kappa shape index (κ2) is 10.9. The number of hydrogen-bond donors (Lipinski definition) is 2. The van der Waals surface area contributed by atoms with Crippen molar-refractivity contribution in [3.8, 4) is 5.75 Å². The van der Waals surface area contributed by atoms with Crippen LogP contribution in [0, 0.1) is 5.92 Å². The first-order chi connectivity index (χ1) is 12.2. The minimum Gasteiger partial charge on any atom is -0.497 e. The van der Waals surface area contributed by atoms with E-state index in [1.54, 1.807) is 7.11 Å². The highest BCUT2D eigenvalue weighted by Crippen LogP contribution is 2.11. The van der Waals surface area contributed by atoms with Gasteiger partial charge in [0.15, 0.2) is 5.96 Å². The molecule has 1 atom stereocenters. The van der Waals surface area contributed by atoms with Gasteiger partial charge in [0.1, 0.15) is 5.75 Å². The summed E-state index contributed by atoms with van der Waals surface area (Å²) in [6.45, 7) is 11.6. The van der Waals surface area contributed by atoms with Crippen molar-refractivity contribution in [3.05, 3.63) is 29.8 Å². The zero-order valence-corrected chi connectivity index (χ0v) is 15.8. The van der Waals surface area contributed by atoms with E-state index in [4.69, 9.17) is 9.47 Å². The molecule has 0 spiro atoms. The number of ether oxygens (including phenoxy) is 2. The molecule has 1 fully saturated rings. The van der Waals surface area contributed by atoms with Crippen LogP contribution in [0.4, 0.5) is 0 Å². The van der Waals surface area contributed by atoms with Crippen LogP contribution in [0.25, 0.3) is 0 Å². The summed E-state index contributed by atoms with van der Waals surface area (Å²) in [7, 11) is 1.68. The van der Waals surface area contributed by atoms with E-state index >= 15 is 0 Å². The van der Waals surface area contributed by atoms with Gasteiger partial charge < -0.3 is 20.1 Å². The Morgan fingerprint density at radius 1 is 1.24 bits per heavy atom. The number of rotatable bonds is 8. The lowest BCUT2D eigenvalue weighted by Gasteiger charge is -2.29. The second-order valence-corrected chi connectivity index (χ2v) is 6.44. The maximum Gasteiger partial charge on any atom is 0.191 e. The molecule has 1 saturated heterocycles. The Balaban J connectivity index is 1.79. The van der Waals surface area contributed by atoms with E-state index in [0.717, 1.165) is 57.6 Å². The van der Waals surface area contributed by atoms with Crippen LogP contribution >= 0.6 is 0 Å². The monoisotopic (exact) mass is 348 g/mol. The molecule has 0 amide bonds. The number of guanidine groups is 1. The Morgan fingerprint density at radius 3 is 2.60 bits per heavy atom. The average Bonchev–Trinajstić information content (AvgIpc) is 2.65. The van der Waals surface area contributed by atoms with Crippen LogP contribution < -0.4 is 15.4 Å². The van der Waals surface area contributed by atoms with Crippen molar-refractivity contribution >= 4 is 5.96 Å². The van der Waals surface area contributed by atoms with E-state index < -0.39 is 0 Å². The number of aliphatic imine (C=N–C) groups is 1. The van der Waals surface area contributed by atoms with Gasteiger partial charge in [-0.1, -0.05) is 19.1 Å². The fraction of sp³-hybridized carbons (Fsp3) is 0.632. The summed E-state index contributed by atoms with van der Waals surface area (Å²) in [6.07, 6.45) is 0. The summed E-state index contributed by atoms with van der Waals surface area (Å²) < 4.78 is 10.6. The first-order valence-electron chi connectivity index (χ1n) is 9.16. The Bertz CT molecular complexity index is 513. The Morgan fingerprint density at radius 2 is 1.96 bits per heavy atom. The van der Waals surface area contributed by atoms with Crippen LogP contribution in [0.3, 0.4) is 0 Å². The molecule has 1 aliphatic heterocycles. The summed E-state index contributed by atoms with van der Waals surface area (Å²) in [5.41, 5.74) is 1.17. The smallest absolute Gasteiger partial charge is 0.191 e. The van der Waals surface area contributed by atoms with Gasteiger partial charge in [0.05, 0.1) is 26.9 Å². The largest absolute Gasteiger partial charge is 0.497 e. The van der Waals surface area contributed by atoms with Crippen molar-refractivity contribution in [2.24, 2.45) is 10.9 Å². The Kier molecular flexibility index (Phi) is 8.55. The normalized spacial score (nSPS) is 17.2. The summed E-state index contributed by atoms with van der Waals surface area (Å²) in [5, 5.41) is 6.77. The number of methoxy groups -OCH3 is 1. The van der Waals surface area contributed by atoms with E-state index in [9.17, 15) is 0 Å². The minimum absolute atomic E-state index is 0.558. The zero-order valence-electron chi connectivity index (χ0n) is 15.8. The van der Waals surface area contributed by atoms with Crippen LogP contribution in [-0.2, 0) is 11.3 Å². The van der Waals surface area contributed by atoms with Crippen molar-refractivity contribution in [1.29, 1.82) is 0 Å². The highest BCUT2D eigenvalue weighted by molar-refractivity contribution is 5.79. The van der Waals surface area contributed by atoms with Gasteiger partial charge in [-0.2, -0.15) is 0 Å². The number of morpholine rings is 1. The summed E-state index contributed by atoms with van der Waals surface area (Å²) >= 11 is 0. The average molecular weight is 348 g/mol. The molecule has 1 heterocycles. The fourth-order valence-corrected chi connectivity index (χ4v) is 2.80. The van der Waals surface area contributed by atoms with Crippen molar-refractivity contribution in [1.82, 2.24) is 15.5 Å². The van der Waals surface area contributed by atoms with Crippen molar-refractivity contribution < 1.29 is 9.47 Å². The molecule has 0 aliphatic carbocycles. The maximum atomic E-state index is 5.41. The molecule has 1 aromatic rings. The molecule has 140 valence electrons. The van der Waals surface area contributed by atoms with E-state index in [2.05, 4.69) is 34.4 Å². The van der Waals surface area contributed by atoms with Crippen LogP contribution in [-0.4, -0.2) is 63.9 Å². The van der Waals surface area contributed by atoms with E-state index in [1.807, 2.05) is 24.3 Å². The predicted molar refractivity (Wildman–Crippen MR) is 102 cm³/mol. The van der Waals surface area contributed by atoms with Gasteiger partial charge >= 0.3 is 0 Å². The zero-order chi connectivity index (χ0) is 17.9. The predicted octanol–water partition coefficient (Wildman–Crippen LogP) is 1.72. The molecule has 6 heteroatoms. The molecule has 2 rings (SSSR count). The van der Waals surface area contributed by atoms with Crippen LogP contribution in [0.2, 0.25) is 0 Å². The molecule has 0 aromatic heterocycles. The standard InChI is InChI=1S/C19H32N4O2/c1-4-20-19(22-14-17-5-7-18(24-3)8-6-17)21-13-16(2)15-23-9-11-25-12-10-23/h5-8,16H,4,9-15H2,1-3H3,(H2,20,21,22). The molecule has 0 radical (unpaired) electrons. The minimum atomic E-state index is 0.558. The second-order valence-electron chi connectivity index (χ2n) is 6.44. The molecule has 6 nitrogen and oxygen atoms in total. The fourth-order valence-electron chi connectivity index (χ4n) is 2.80. The van der Waals surface area contributed by atoms with Gasteiger partial charge in [0.25, 0.3) is 0 Å². The molecule has 0 saturated carbocycles. The SMILES string of the molecule is CCNC(=NCc1ccc(OC)cc1)NCC(C)CN1CCOCC1. The topological polar surface area (TPSA) is 58.1 Å². The molecular weight excluding hydrogens is 316 g/mol. The van der Waals surface area contributed by atoms with Gasteiger partial charge in [-0.15, -0.1) is 0 Å². The third kappa shape index (κ3) is 7.32. The van der Waals surface area contributed by atoms with Gasteiger partial charge in [-0.25, -0.2) is 4.99 Å². The summed E-state index contributed by atoms with van der Waals surface area (Å²) in [6, 6.07) is 8.03. The molecule has 2 N–H and O–H groups in total. The number of hydrogen-bond acceptors (Lipinski definition) is 4.